The second-order valence-corrected chi connectivity index (χ2v) is 5.64. The number of nitrogens with one attached hydrogen (secondary N) is 2. The number of unbranched alkanes of at least 4 members (excludes halogenated alkanes) is 1. The largest absolute Gasteiger partial charge is 0.466 e. The maximum absolute atomic E-state index is 5.54. The zero-order chi connectivity index (χ0) is 17.6. The third-order valence-electron chi connectivity index (χ3n) is 3.45. The predicted octanol–water partition coefficient (Wildman–Crippen LogP) is 2.78. The molecule has 0 aliphatic rings. The van der Waals surface area contributed by atoms with Crippen LogP contribution in [0.3, 0.4) is 0 Å². The van der Waals surface area contributed by atoms with Crippen molar-refractivity contribution in [2.75, 3.05) is 39.5 Å². The number of rotatable bonds is 12. The molecule has 1 aromatic rings. The van der Waals surface area contributed by atoms with Crippen molar-refractivity contribution in [3.63, 3.8) is 0 Å². The Balaban J connectivity index is 2.21. The van der Waals surface area contributed by atoms with Gasteiger partial charge in [0.1, 0.15) is 11.5 Å². The number of aliphatic imine (C=N–C) groups is 1. The lowest BCUT2D eigenvalue weighted by atomic mass is 10.2. The van der Waals surface area contributed by atoms with Crippen molar-refractivity contribution in [2.24, 2.45) is 4.99 Å². The second kappa shape index (κ2) is 12.8. The fourth-order valence-corrected chi connectivity index (χ4v) is 2.16. The normalized spacial score (nSPS) is 11.8. The average Bonchev–Trinajstić information content (AvgIpc) is 2.88. The third kappa shape index (κ3) is 8.93. The lowest BCUT2D eigenvalue weighted by Gasteiger charge is -2.11. The minimum atomic E-state index is 0.602. The summed E-state index contributed by atoms with van der Waals surface area (Å²) in [7, 11) is 0. The van der Waals surface area contributed by atoms with Crippen molar-refractivity contribution < 1.29 is 13.9 Å². The van der Waals surface area contributed by atoms with Crippen molar-refractivity contribution in [3.8, 4) is 0 Å². The number of hydrogen-bond donors (Lipinski definition) is 2. The molecule has 138 valence electrons. The van der Waals surface area contributed by atoms with E-state index in [1.165, 1.54) is 0 Å². The van der Waals surface area contributed by atoms with Gasteiger partial charge in [0.2, 0.25) is 0 Å². The minimum absolute atomic E-state index is 0.602. The molecule has 0 aliphatic heterocycles. The molecule has 0 bridgehead atoms. The van der Waals surface area contributed by atoms with E-state index in [2.05, 4.69) is 29.5 Å². The SMILES string of the molecule is CCCCOCCOCCNC(=NCc1cc(C)oc1C)NCC. The topological polar surface area (TPSA) is 68.0 Å². The molecule has 0 aromatic carbocycles. The minimum Gasteiger partial charge on any atom is -0.466 e. The van der Waals surface area contributed by atoms with Crippen LogP contribution in [0.4, 0.5) is 0 Å². The van der Waals surface area contributed by atoms with Crippen LogP contribution in [0.1, 0.15) is 43.8 Å². The van der Waals surface area contributed by atoms with E-state index in [9.17, 15) is 0 Å². The van der Waals surface area contributed by atoms with Gasteiger partial charge < -0.3 is 24.5 Å². The van der Waals surface area contributed by atoms with Gasteiger partial charge in [-0.05, 0) is 33.3 Å². The molecule has 0 aliphatic carbocycles. The molecule has 0 unspecified atom stereocenters. The molecule has 1 aromatic heterocycles. The molecule has 0 saturated heterocycles. The zero-order valence-electron chi connectivity index (χ0n) is 15.6. The number of furan rings is 1. The molecule has 6 nitrogen and oxygen atoms in total. The predicted molar refractivity (Wildman–Crippen MR) is 97.5 cm³/mol. The highest BCUT2D eigenvalue weighted by molar-refractivity contribution is 5.79. The Labute approximate surface area is 146 Å². The van der Waals surface area contributed by atoms with Gasteiger partial charge in [0.05, 0.1) is 26.4 Å². The van der Waals surface area contributed by atoms with E-state index in [0.29, 0.717) is 32.9 Å². The van der Waals surface area contributed by atoms with Gasteiger partial charge in [0, 0.05) is 25.3 Å². The summed E-state index contributed by atoms with van der Waals surface area (Å²) in [6.07, 6.45) is 2.27. The number of aryl methyl sites for hydroxylation is 2. The molecule has 1 rings (SSSR count). The zero-order valence-corrected chi connectivity index (χ0v) is 15.6. The fraction of sp³-hybridized carbons (Fsp3) is 0.722. The van der Waals surface area contributed by atoms with E-state index in [1.807, 2.05) is 19.9 Å². The molecule has 6 heteroatoms. The van der Waals surface area contributed by atoms with Gasteiger partial charge in [0.15, 0.2) is 5.96 Å². The molecule has 24 heavy (non-hydrogen) atoms. The highest BCUT2D eigenvalue weighted by Gasteiger charge is 2.04. The van der Waals surface area contributed by atoms with Crippen LogP contribution in [0.25, 0.3) is 0 Å². The number of hydrogen-bond acceptors (Lipinski definition) is 4. The summed E-state index contributed by atoms with van der Waals surface area (Å²) in [5, 5.41) is 6.50. The summed E-state index contributed by atoms with van der Waals surface area (Å²) < 4.78 is 16.5. The Morgan fingerprint density at radius 2 is 1.83 bits per heavy atom. The van der Waals surface area contributed by atoms with Crippen LogP contribution in [-0.2, 0) is 16.0 Å². The lowest BCUT2D eigenvalue weighted by molar-refractivity contribution is 0.0487. The average molecular weight is 339 g/mol. The number of nitrogens with zero attached hydrogens (tertiary/aromatic N) is 1. The van der Waals surface area contributed by atoms with Crippen LogP contribution >= 0.6 is 0 Å². The first kappa shape index (κ1) is 20.5. The third-order valence-corrected chi connectivity index (χ3v) is 3.45. The summed E-state index contributed by atoms with van der Waals surface area (Å²) in [5.74, 6) is 2.64. The molecule has 1 heterocycles. The van der Waals surface area contributed by atoms with E-state index >= 15 is 0 Å². The van der Waals surface area contributed by atoms with Gasteiger partial charge in [-0.1, -0.05) is 13.3 Å². The van der Waals surface area contributed by atoms with Crippen molar-refractivity contribution in [1.82, 2.24) is 10.6 Å². The first-order chi connectivity index (χ1) is 11.7. The van der Waals surface area contributed by atoms with Crippen molar-refractivity contribution in [2.45, 2.75) is 47.1 Å². The van der Waals surface area contributed by atoms with Crippen LogP contribution in [-0.4, -0.2) is 45.5 Å². The lowest BCUT2D eigenvalue weighted by Crippen LogP contribution is -2.39. The van der Waals surface area contributed by atoms with Gasteiger partial charge in [-0.3, -0.25) is 0 Å². The van der Waals surface area contributed by atoms with E-state index in [1.54, 1.807) is 0 Å². The van der Waals surface area contributed by atoms with Crippen molar-refractivity contribution in [1.29, 1.82) is 0 Å². The molecule has 0 fully saturated rings. The first-order valence-electron chi connectivity index (χ1n) is 8.91. The Bertz CT molecular complexity index is 472. The fourth-order valence-electron chi connectivity index (χ4n) is 2.16. The van der Waals surface area contributed by atoms with Crippen LogP contribution < -0.4 is 10.6 Å². The summed E-state index contributed by atoms with van der Waals surface area (Å²) >= 11 is 0. The monoisotopic (exact) mass is 339 g/mol. The van der Waals surface area contributed by atoms with Crippen LogP contribution in [0.5, 0.6) is 0 Å². The standard InChI is InChI=1S/C18H33N3O3/c1-5-7-9-22-11-12-23-10-8-20-18(19-6-2)21-14-17-13-15(3)24-16(17)4/h13H,5-12,14H2,1-4H3,(H2,19,20,21). The molecule has 0 atom stereocenters. The Kier molecular flexibility index (Phi) is 11.0. The summed E-state index contributed by atoms with van der Waals surface area (Å²) in [6, 6.07) is 2.03. The Hall–Kier alpha value is -1.53. The Morgan fingerprint density at radius 3 is 2.46 bits per heavy atom. The van der Waals surface area contributed by atoms with Crippen LogP contribution in [0.15, 0.2) is 15.5 Å². The quantitative estimate of drug-likeness (QED) is 0.348. The van der Waals surface area contributed by atoms with Crippen molar-refractivity contribution in [3.05, 3.63) is 23.2 Å². The smallest absolute Gasteiger partial charge is 0.191 e. The molecule has 2 N–H and O–H groups in total. The maximum atomic E-state index is 5.54. The van der Waals surface area contributed by atoms with Crippen LogP contribution in [0, 0.1) is 13.8 Å². The van der Waals surface area contributed by atoms with Gasteiger partial charge in [0.25, 0.3) is 0 Å². The summed E-state index contributed by atoms with van der Waals surface area (Å²) in [6.45, 7) is 13.0. The number of ether oxygens (including phenoxy) is 2. The van der Waals surface area contributed by atoms with Gasteiger partial charge in [-0.2, -0.15) is 0 Å². The first-order valence-corrected chi connectivity index (χ1v) is 8.91. The van der Waals surface area contributed by atoms with Crippen molar-refractivity contribution >= 4 is 5.96 Å². The summed E-state index contributed by atoms with van der Waals surface area (Å²) in [5.41, 5.74) is 1.12. The van der Waals surface area contributed by atoms with Gasteiger partial charge >= 0.3 is 0 Å². The Morgan fingerprint density at radius 1 is 1.08 bits per heavy atom. The van der Waals surface area contributed by atoms with E-state index < -0.39 is 0 Å². The highest BCUT2D eigenvalue weighted by Crippen LogP contribution is 2.14. The van der Waals surface area contributed by atoms with Crippen LogP contribution in [0.2, 0.25) is 0 Å². The molecule has 0 spiro atoms. The van der Waals surface area contributed by atoms with E-state index in [-0.39, 0.29) is 0 Å². The van der Waals surface area contributed by atoms with Gasteiger partial charge in [-0.25, -0.2) is 4.99 Å². The molecular weight excluding hydrogens is 306 g/mol. The maximum Gasteiger partial charge on any atom is 0.191 e. The highest BCUT2D eigenvalue weighted by atomic mass is 16.5. The molecular formula is C18H33N3O3. The van der Waals surface area contributed by atoms with Gasteiger partial charge in [-0.15, -0.1) is 0 Å². The second-order valence-electron chi connectivity index (χ2n) is 5.64. The van der Waals surface area contributed by atoms with E-state index in [4.69, 9.17) is 13.9 Å². The van der Waals surface area contributed by atoms with E-state index in [0.717, 1.165) is 49.0 Å². The molecule has 0 radical (unpaired) electrons. The number of guanidine groups is 1. The molecule has 0 amide bonds. The summed E-state index contributed by atoms with van der Waals surface area (Å²) in [4.78, 5) is 4.58. The molecule has 0 saturated carbocycles.